The average molecular weight is 289 g/mol. The normalized spacial score (nSPS) is 15.2. The molecule has 2 N–H and O–H groups in total. The third kappa shape index (κ3) is 3.20. The molecule has 0 aliphatic heterocycles. The lowest BCUT2D eigenvalue weighted by atomic mass is 9.94. The van der Waals surface area contributed by atoms with E-state index >= 15 is 0 Å². The zero-order valence-electron chi connectivity index (χ0n) is 8.41. The van der Waals surface area contributed by atoms with E-state index in [0.717, 1.165) is 0 Å². The van der Waals surface area contributed by atoms with E-state index in [9.17, 15) is 8.78 Å². The fraction of sp³-hybridized carbons (Fsp3) is 0.400. The summed E-state index contributed by atoms with van der Waals surface area (Å²) in [5, 5.41) is 0.846. The van der Waals surface area contributed by atoms with Gasteiger partial charge in [0.1, 0.15) is 0 Å². The van der Waals surface area contributed by atoms with Gasteiger partial charge in [-0.15, -0.1) is 0 Å². The Labute approximate surface area is 107 Å². The van der Waals surface area contributed by atoms with Crippen molar-refractivity contribution in [1.29, 1.82) is 0 Å². The lowest BCUT2D eigenvalue weighted by Gasteiger charge is -2.24. The van der Waals surface area contributed by atoms with Crippen LogP contribution in [0.25, 0.3) is 0 Å². The first-order valence-corrected chi connectivity index (χ1v) is 5.58. The average Bonchev–Trinajstić information content (AvgIpc) is 2.11. The molecule has 1 rings (SSSR count). The van der Waals surface area contributed by atoms with Crippen molar-refractivity contribution in [2.24, 2.45) is 5.73 Å². The van der Waals surface area contributed by atoms with Crippen LogP contribution in [0.4, 0.5) is 8.78 Å². The summed E-state index contributed by atoms with van der Waals surface area (Å²) in [7, 11) is 0. The van der Waals surface area contributed by atoms with Gasteiger partial charge in [-0.2, -0.15) is 0 Å². The molecule has 1 nitrogen and oxygen atoms in total. The lowest BCUT2D eigenvalue weighted by molar-refractivity contribution is 0.0639. The minimum atomic E-state index is -2.66. The first-order valence-electron chi connectivity index (χ1n) is 4.44. The molecule has 6 heteroatoms. The van der Waals surface area contributed by atoms with Crippen molar-refractivity contribution in [2.45, 2.75) is 25.3 Å². The van der Waals surface area contributed by atoms with E-state index in [0.29, 0.717) is 10.6 Å². The Morgan fingerprint density at radius 2 is 1.69 bits per heavy atom. The summed E-state index contributed by atoms with van der Waals surface area (Å²) >= 11 is 17.5. The second-order valence-electron chi connectivity index (χ2n) is 3.83. The Bertz CT molecular complexity index is 371. The van der Waals surface area contributed by atoms with Crippen molar-refractivity contribution in [1.82, 2.24) is 0 Å². The number of nitrogens with two attached hydrogens (primary N) is 1. The molecule has 0 spiro atoms. The molecule has 90 valence electrons. The Kier molecular flexibility index (Phi) is 4.41. The quantitative estimate of drug-likeness (QED) is 0.887. The number of hydrogen-bond acceptors (Lipinski definition) is 1. The van der Waals surface area contributed by atoms with Crippen molar-refractivity contribution < 1.29 is 8.78 Å². The van der Waals surface area contributed by atoms with Crippen LogP contribution in [0.2, 0.25) is 15.1 Å². The van der Waals surface area contributed by atoms with Gasteiger partial charge >= 0.3 is 0 Å². The smallest absolute Gasteiger partial charge is 0.256 e. The molecule has 1 aromatic carbocycles. The first-order chi connectivity index (χ1) is 7.24. The van der Waals surface area contributed by atoms with Gasteiger partial charge < -0.3 is 5.73 Å². The zero-order valence-corrected chi connectivity index (χ0v) is 10.7. The molecule has 0 amide bonds. The maximum Gasteiger partial charge on any atom is 0.256 e. The SMILES string of the molecule is CC(N)(Cc1c(Cl)cc(Cl)cc1Cl)C(F)F. The fourth-order valence-electron chi connectivity index (χ4n) is 1.20. The van der Waals surface area contributed by atoms with Crippen molar-refractivity contribution in [3.05, 3.63) is 32.8 Å². The largest absolute Gasteiger partial charge is 0.320 e. The maximum absolute atomic E-state index is 12.6. The molecule has 0 fully saturated rings. The van der Waals surface area contributed by atoms with Crippen molar-refractivity contribution in [3.8, 4) is 0 Å². The summed E-state index contributed by atoms with van der Waals surface area (Å²) in [4.78, 5) is 0. The van der Waals surface area contributed by atoms with Gasteiger partial charge in [0, 0.05) is 15.1 Å². The van der Waals surface area contributed by atoms with Crippen LogP contribution in [0.5, 0.6) is 0 Å². The molecule has 0 radical (unpaired) electrons. The molecule has 16 heavy (non-hydrogen) atoms. The standard InChI is InChI=1S/C10H10Cl3F2N/c1-10(16,9(14)15)4-6-7(12)2-5(11)3-8(6)13/h2-3,9H,4,16H2,1H3. The summed E-state index contributed by atoms with van der Waals surface area (Å²) < 4.78 is 25.2. The van der Waals surface area contributed by atoms with Crippen LogP contribution in [0.1, 0.15) is 12.5 Å². The van der Waals surface area contributed by atoms with Crippen molar-refractivity contribution in [2.75, 3.05) is 0 Å². The van der Waals surface area contributed by atoms with Crippen LogP contribution in [0.3, 0.4) is 0 Å². The molecule has 0 aromatic heterocycles. The van der Waals surface area contributed by atoms with Gasteiger partial charge in [0.05, 0.1) is 5.54 Å². The van der Waals surface area contributed by atoms with Gasteiger partial charge in [0.2, 0.25) is 0 Å². The molecule has 0 bridgehead atoms. The Hall–Kier alpha value is -0.0900. The fourth-order valence-corrected chi connectivity index (χ4v) is 2.15. The van der Waals surface area contributed by atoms with Gasteiger partial charge in [-0.3, -0.25) is 0 Å². The van der Waals surface area contributed by atoms with Crippen LogP contribution >= 0.6 is 34.8 Å². The van der Waals surface area contributed by atoms with Gasteiger partial charge in [-0.05, 0) is 31.0 Å². The molecule has 1 aromatic rings. The van der Waals surface area contributed by atoms with E-state index in [1.165, 1.54) is 19.1 Å². The third-order valence-electron chi connectivity index (χ3n) is 2.16. The molecule has 0 saturated heterocycles. The highest BCUT2D eigenvalue weighted by atomic mass is 35.5. The second-order valence-corrected chi connectivity index (χ2v) is 5.08. The summed E-state index contributed by atoms with van der Waals surface area (Å²) in [5.74, 6) is 0. The van der Waals surface area contributed by atoms with Gasteiger partial charge in [-0.25, -0.2) is 8.78 Å². The highest BCUT2D eigenvalue weighted by Crippen LogP contribution is 2.32. The predicted molar refractivity (Wildman–Crippen MR) is 63.8 cm³/mol. The summed E-state index contributed by atoms with van der Waals surface area (Å²) in [5.41, 5.74) is 4.19. The minimum Gasteiger partial charge on any atom is -0.320 e. The number of alkyl halides is 2. The monoisotopic (exact) mass is 287 g/mol. The Balaban J connectivity index is 3.07. The highest BCUT2D eigenvalue weighted by Gasteiger charge is 2.32. The van der Waals surface area contributed by atoms with Gasteiger partial charge in [0.25, 0.3) is 6.43 Å². The van der Waals surface area contributed by atoms with E-state index in [1.54, 1.807) is 0 Å². The molecule has 1 atom stereocenters. The first kappa shape index (κ1) is 14.0. The number of benzene rings is 1. The van der Waals surface area contributed by atoms with Crippen LogP contribution in [0, 0.1) is 0 Å². The molecule has 1 unspecified atom stereocenters. The number of rotatable bonds is 3. The maximum atomic E-state index is 12.6. The Morgan fingerprint density at radius 1 is 1.25 bits per heavy atom. The van der Waals surface area contributed by atoms with Crippen LogP contribution < -0.4 is 5.73 Å². The van der Waals surface area contributed by atoms with E-state index in [-0.39, 0.29) is 16.5 Å². The van der Waals surface area contributed by atoms with Crippen LogP contribution in [0.15, 0.2) is 12.1 Å². The van der Waals surface area contributed by atoms with Gasteiger partial charge in [-0.1, -0.05) is 34.8 Å². The molecule has 0 heterocycles. The van der Waals surface area contributed by atoms with Gasteiger partial charge in [0.15, 0.2) is 0 Å². The van der Waals surface area contributed by atoms with Crippen LogP contribution in [-0.4, -0.2) is 12.0 Å². The topological polar surface area (TPSA) is 26.0 Å². The number of hydrogen-bond donors (Lipinski definition) is 1. The molecule has 0 aliphatic carbocycles. The molecule has 0 aliphatic rings. The lowest BCUT2D eigenvalue weighted by Crippen LogP contribution is -2.46. The summed E-state index contributed by atoms with van der Waals surface area (Å²) in [6.45, 7) is 1.25. The van der Waals surface area contributed by atoms with E-state index in [2.05, 4.69) is 0 Å². The Morgan fingerprint density at radius 3 is 2.06 bits per heavy atom. The molecular weight excluding hydrogens is 278 g/mol. The van der Waals surface area contributed by atoms with E-state index in [1.807, 2.05) is 0 Å². The summed E-state index contributed by atoms with van der Waals surface area (Å²) in [6, 6.07) is 2.90. The van der Waals surface area contributed by atoms with Crippen LogP contribution in [-0.2, 0) is 6.42 Å². The minimum absolute atomic E-state index is 0.112. The zero-order chi connectivity index (χ0) is 12.5. The predicted octanol–water partition coefficient (Wildman–Crippen LogP) is 4.17. The number of halogens is 5. The van der Waals surface area contributed by atoms with Crippen molar-refractivity contribution in [3.63, 3.8) is 0 Å². The third-order valence-corrected chi connectivity index (χ3v) is 3.05. The van der Waals surface area contributed by atoms with E-state index < -0.39 is 12.0 Å². The summed E-state index contributed by atoms with van der Waals surface area (Å²) in [6.07, 6.45) is -2.77. The van der Waals surface area contributed by atoms with Crippen molar-refractivity contribution >= 4 is 34.8 Å². The van der Waals surface area contributed by atoms with E-state index in [4.69, 9.17) is 40.5 Å². The molecular formula is C10H10Cl3F2N. The second kappa shape index (κ2) is 5.05. The molecule has 0 saturated carbocycles. The highest BCUT2D eigenvalue weighted by molar-refractivity contribution is 6.39.